The second-order valence-electron chi connectivity index (χ2n) is 4.59. The van der Waals surface area contributed by atoms with Crippen LogP contribution in [-0.4, -0.2) is 9.97 Å². The Labute approximate surface area is 114 Å². The highest BCUT2D eigenvalue weighted by Gasteiger charge is 2.18. The summed E-state index contributed by atoms with van der Waals surface area (Å²) in [5, 5.41) is 0.378. The molecule has 1 aliphatic carbocycles. The van der Waals surface area contributed by atoms with Crippen molar-refractivity contribution in [1.82, 2.24) is 9.97 Å². The molecule has 0 saturated heterocycles. The Kier molecular flexibility index (Phi) is 3.19. The van der Waals surface area contributed by atoms with E-state index in [0.29, 0.717) is 5.15 Å². The van der Waals surface area contributed by atoms with Crippen LogP contribution in [0.1, 0.15) is 24.1 Å². The van der Waals surface area contributed by atoms with Gasteiger partial charge in [0.25, 0.3) is 0 Å². The Balaban J connectivity index is 2.13. The number of fused-ring (bicyclic) bond motifs is 1. The van der Waals surface area contributed by atoms with E-state index in [-0.39, 0.29) is 11.4 Å². The largest absolute Gasteiger partial charge is 0.233 e. The number of hydrogen-bond acceptors (Lipinski definition) is 2. The standard InChI is InChI=1S/C14H11ClF2N2/c15-13-10-3-1-2-4-12(10)18-14(19-13)9-6-5-8(16)7-11(9)17/h5-7H,1-4H2. The lowest BCUT2D eigenvalue weighted by atomic mass is 9.97. The molecule has 1 aromatic carbocycles. The topological polar surface area (TPSA) is 25.8 Å². The highest BCUT2D eigenvalue weighted by atomic mass is 35.5. The van der Waals surface area contributed by atoms with Crippen molar-refractivity contribution < 1.29 is 8.78 Å². The predicted octanol–water partition coefficient (Wildman–Crippen LogP) is 3.95. The Hall–Kier alpha value is -1.55. The molecular weight excluding hydrogens is 270 g/mol. The number of rotatable bonds is 1. The SMILES string of the molecule is Fc1ccc(-c2nc(Cl)c3c(n2)CCCC3)c(F)c1. The van der Waals surface area contributed by atoms with Crippen molar-refractivity contribution in [2.24, 2.45) is 0 Å². The number of aromatic nitrogens is 2. The Morgan fingerprint density at radius 2 is 1.84 bits per heavy atom. The first-order valence-electron chi connectivity index (χ1n) is 6.16. The predicted molar refractivity (Wildman–Crippen MR) is 69.0 cm³/mol. The number of halogens is 3. The van der Waals surface area contributed by atoms with Gasteiger partial charge in [0, 0.05) is 17.3 Å². The van der Waals surface area contributed by atoms with Crippen LogP contribution < -0.4 is 0 Å². The fourth-order valence-corrected chi connectivity index (χ4v) is 2.62. The van der Waals surface area contributed by atoms with Crippen molar-refractivity contribution in [3.8, 4) is 11.4 Å². The number of hydrogen-bond donors (Lipinski definition) is 0. The molecule has 1 aromatic heterocycles. The van der Waals surface area contributed by atoms with Crippen molar-refractivity contribution in [3.05, 3.63) is 46.2 Å². The van der Waals surface area contributed by atoms with E-state index in [9.17, 15) is 8.78 Å². The van der Waals surface area contributed by atoms with Gasteiger partial charge in [-0.25, -0.2) is 18.7 Å². The van der Waals surface area contributed by atoms with Crippen LogP contribution in [0, 0.1) is 11.6 Å². The zero-order valence-corrected chi connectivity index (χ0v) is 10.8. The molecule has 2 aromatic rings. The van der Waals surface area contributed by atoms with E-state index in [0.717, 1.165) is 43.0 Å². The molecule has 5 heteroatoms. The molecule has 0 saturated carbocycles. The van der Waals surface area contributed by atoms with Crippen molar-refractivity contribution in [2.75, 3.05) is 0 Å². The van der Waals surface area contributed by atoms with Crippen molar-refractivity contribution in [3.63, 3.8) is 0 Å². The van der Waals surface area contributed by atoms with Crippen LogP contribution in [0.4, 0.5) is 8.78 Å². The van der Waals surface area contributed by atoms with Gasteiger partial charge in [-0.2, -0.15) is 0 Å². The zero-order valence-electron chi connectivity index (χ0n) is 10.1. The summed E-state index contributed by atoms with van der Waals surface area (Å²) < 4.78 is 26.6. The summed E-state index contributed by atoms with van der Waals surface area (Å²) in [5.41, 5.74) is 2.01. The molecular formula is C14H11ClF2N2. The van der Waals surface area contributed by atoms with Gasteiger partial charge in [-0.15, -0.1) is 0 Å². The van der Waals surface area contributed by atoms with Crippen LogP contribution in [0.3, 0.4) is 0 Å². The van der Waals surface area contributed by atoms with Gasteiger partial charge in [0.2, 0.25) is 0 Å². The van der Waals surface area contributed by atoms with Gasteiger partial charge in [-0.3, -0.25) is 0 Å². The second-order valence-corrected chi connectivity index (χ2v) is 4.95. The van der Waals surface area contributed by atoms with Crippen LogP contribution in [0.15, 0.2) is 18.2 Å². The minimum absolute atomic E-state index is 0.177. The molecule has 1 aliphatic rings. The van der Waals surface area contributed by atoms with Crippen LogP contribution >= 0.6 is 11.6 Å². The van der Waals surface area contributed by atoms with Gasteiger partial charge in [-0.05, 0) is 37.8 Å². The summed E-state index contributed by atoms with van der Waals surface area (Å²) in [6.45, 7) is 0. The van der Waals surface area contributed by atoms with Crippen molar-refractivity contribution in [1.29, 1.82) is 0 Å². The van der Waals surface area contributed by atoms with E-state index in [1.54, 1.807) is 0 Å². The molecule has 0 spiro atoms. The van der Waals surface area contributed by atoms with Gasteiger partial charge >= 0.3 is 0 Å². The lowest BCUT2D eigenvalue weighted by Gasteiger charge is -2.16. The Bertz CT molecular complexity index is 644. The summed E-state index contributed by atoms with van der Waals surface area (Å²) in [5.74, 6) is -1.07. The fourth-order valence-electron chi connectivity index (χ4n) is 2.34. The van der Waals surface area contributed by atoms with Crippen LogP contribution in [0.2, 0.25) is 5.15 Å². The average molecular weight is 281 g/mol. The van der Waals surface area contributed by atoms with Gasteiger partial charge in [-0.1, -0.05) is 11.6 Å². The van der Waals surface area contributed by atoms with Crippen molar-refractivity contribution >= 4 is 11.6 Å². The van der Waals surface area contributed by atoms with Crippen molar-refractivity contribution in [2.45, 2.75) is 25.7 Å². The zero-order chi connectivity index (χ0) is 13.4. The summed E-state index contributed by atoms with van der Waals surface area (Å²) in [7, 11) is 0. The minimum Gasteiger partial charge on any atom is -0.233 e. The molecule has 0 fully saturated rings. The Morgan fingerprint density at radius 3 is 2.63 bits per heavy atom. The van der Waals surface area contributed by atoms with Gasteiger partial charge in [0.15, 0.2) is 5.82 Å². The maximum absolute atomic E-state index is 13.7. The first-order chi connectivity index (χ1) is 9.15. The smallest absolute Gasteiger partial charge is 0.164 e. The number of benzene rings is 1. The van der Waals surface area contributed by atoms with E-state index >= 15 is 0 Å². The van der Waals surface area contributed by atoms with E-state index < -0.39 is 11.6 Å². The normalized spacial score (nSPS) is 14.3. The molecule has 0 aliphatic heterocycles. The second kappa shape index (κ2) is 4.85. The number of aryl methyl sites for hydroxylation is 1. The summed E-state index contributed by atoms with van der Waals surface area (Å²) >= 11 is 6.13. The molecule has 1 heterocycles. The molecule has 2 nitrogen and oxygen atoms in total. The molecule has 0 unspecified atom stereocenters. The monoisotopic (exact) mass is 280 g/mol. The lowest BCUT2D eigenvalue weighted by molar-refractivity contribution is 0.584. The summed E-state index contributed by atoms with van der Waals surface area (Å²) in [6, 6.07) is 3.35. The van der Waals surface area contributed by atoms with Gasteiger partial charge in [0.1, 0.15) is 16.8 Å². The first kappa shape index (κ1) is 12.5. The Morgan fingerprint density at radius 1 is 1.05 bits per heavy atom. The molecule has 0 radical (unpaired) electrons. The molecule has 19 heavy (non-hydrogen) atoms. The third-order valence-electron chi connectivity index (χ3n) is 3.30. The minimum atomic E-state index is -0.674. The van der Waals surface area contributed by atoms with E-state index in [1.165, 1.54) is 12.1 Å². The van der Waals surface area contributed by atoms with Crippen LogP contribution in [-0.2, 0) is 12.8 Å². The van der Waals surface area contributed by atoms with E-state index in [2.05, 4.69) is 9.97 Å². The molecule has 98 valence electrons. The fraction of sp³-hybridized carbons (Fsp3) is 0.286. The first-order valence-corrected chi connectivity index (χ1v) is 6.53. The van der Waals surface area contributed by atoms with Gasteiger partial charge in [0.05, 0.1) is 5.56 Å². The molecule has 0 amide bonds. The highest BCUT2D eigenvalue weighted by molar-refractivity contribution is 6.30. The van der Waals surface area contributed by atoms with E-state index in [1.807, 2.05) is 0 Å². The molecule has 3 rings (SSSR count). The maximum Gasteiger partial charge on any atom is 0.164 e. The quantitative estimate of drug-likeness (QED) is 0.739. The maximum atomic E-state index is 13.7. The molecule has 0 atom stereocenters. The number of nitrogens with zero attached hydrogens (tertiary/aromatic N) is 2. The summed E-state index contributed by atoms with van der Waals surface area (Å²) in [6.07, 6.45) is 3.81. The molecule has 0 N–H and O–H groups in total. The van der Waals surface area contributed by atoms with Crippen LogP contribution in [0.25, 0.3) is 11.4 Å². The third-order valence-corrected chi connectivity index (χ3v) is 3.62. The third kappa shape index (κ3) is 2.32. The molecule has 0 bridgehead atoms. The van der Waals surface area contributed by atoms with Crippen LogP contribution in [0.5, 0.6) is 0 Å². The highest BCUT2D eigenvalue weighted by Crippen LogP contribution is 2.29. The lowest BCUT2D eigenvalue weighted by Crippen LogP contribution is -2.09. The average Bonchev–Trinajstić information content (AvgIpc) is 2.38. The van der Waals surface area contributed by atoms with Gasteiger partial charge < -0.3 is 0 Å². The summed E-state index contributed by atoms with van der Waals surface area (Å²) in [4.78, 5) is 8.52. The van der Waals surface area contributed by atoms with E-state index in [4.69, 9.17) is 11.6 Å².